The van der Waals surface area contributed by atoms with Gasteiger partial charge in [0.1, 0.15) is 6.61 Å². The molecular formula is C12H18ClNO2. The van der Waals surface area contributed by atoms with Gasteiger partial charge in [0.05, 0.1) is 0 Å². The minimum absolute atomic E-state index is 0. The Balaban J connectivity index is 0.00000324. The van der Waals surface area contributed by atoms with E-state index in [1.165, 1.54) is 0 Å². The minimum Gasteiger partial charge on any atom is -0.461 e. The first-order chi connectivity index (χ1) is 8.47. The van der Waals surface area contributed by atoms with Crippen LogP contribution in [0.3, 0.4) is 0 Å². The SMILES string of the molecule is Cl.[2H]C([2H])([2H])NCCCC(=O)OCc1ccccc1. The van der Waals surface area contributed by atoms with Gasteiger partial charge in [0, 0.05) is 10.5 Å². The molecule has 0 amide bonds. The van der Waals surface area contributed by atoms with Gasteiger partial charge in [0.25, 0.3) is 0 Å². The summed E-state index contributed by atoms with van der Waals surface area (Å²) in [6.07, 6.45) is 0.669. The highest BCUT2D eigenvalue weighted by molar-refractivity contribution is 5.85. The van der Waals surface area contributed by atoms with Gasteiger partial charge < -0.3 is 10.1 Å². The Hall–Kier alpha value is -1.06. The first-order valence-electron chi connectivity index (χ1n) is 6.42. The summed E-state index contributed by atoms with van der Waals surface area (Å²) >= 11 is 0. The number of carbonyl (C=O) groups excluding carboxylic acids is 1. The molecule has 0 fully saturated rings. The smallest absolute Gasteiger partial charge is 0.306 e. The van der Waals surface area contributed by atoms with Crippen LogP contribution >= 0.6 is 12.4 Å². The van der Waals surface area contributed by atoms with Gasteiger partial charge >= 0.3 is 5.97 Å². The lowest BCUT2D eigenvalue weighted by molar-refractivity contribution is -0.145. The molecule has 0 atom stereocenters. The van der Waals surface area contributed by atoms with Gasteiger partial charge in [-0.1, -0.05) is 30.3 Å². The Morgan fingerprint density at radius 1 is 1.44 bits per heavy atom. The van der Waals surface area contributed by atoms with E-state index in [9.17, 15) is 4.79 Å². The lowest BCUT2D eigenvalue weighted by Crippen LogP contribution is -2.11. The molecule has 0 aliphatic carbocycles. The quantitative estimate of drug-likeness (QED) is 0.618. The summed E-state index contributed by atoms with van der Waals surface area (Å²) in [7, 11) is 0. The molecule has 0 aromatic heterocycles. The van der Waals surface area contributed by atoms with Crippen molar-refractivity contribution < 1.29 is 13.6 Å². The van der Waals surface area contributed by atoms with Gasteiger partial charge in [0.15, 0.2) is 0 Å². The highest BCUT2D eigenvalue weighted by Crippen LogP contribution is 2.02. The average molecular weight is 247 g/mol. The van der Waals surface area contributed by atoms with E-state index in [2.05, 4.69) is 5.32 Å². The van der Waals surface area contributed by atoms with E-state index in [1.807, 2.05) is 30.3 Å². The van der Waals surface area contributed by atoms with Gasteiger partial charge in [-0.25, -0.2) is 0 Å². The summed E-state index contributed by atoms with van der Waals surface area (Å²) in [5.41, 5.74) is 0.937. The molecule has 0 unspecified atom stereocenters. The van der Waals surface area contributed by atoms with E-state index in [0.717, 1.165) is 5.56 Å². The molecule has 3 nitrogen and oxygen atoms in total. The van der Waals surface area contributed by atoms with Gasteiger partial charge in [-0.05, 0) is 25.5 Å². The lowest BCUT2D eigenvalue weighted by atomic mass is 10.2. The number of esters is 1. The van der Waals surface area contributed by atoms with Gasteiger partial charge in [-0.15, -0.1) is 12.4 Å². The van der Waals surface area contributed by atoms with Gasteiger partial charge in [-0.3, -0.25) is 4.79 Å². The van der Waals surface area contributed by atoms with Crippen LogP contribution in [0.1, 0.15) is 22.5 Å². The summed E-state index contributed by atoms with van der Waals surface area (Å²) in [4.78, 5) is 11.4. The third kappa shape index (κ3) is 6.43. The number of halogens is 1. The molecule has 1 rings (SSSR count). The largest absolute Gasteiger partial charge is 0.461 e. The van der Waals surface area contributed by atoms with Crippen molar-refractivity contribution in [3.8, 4) is 0 Å². The Kier molecular flexibility index (Phi) is 5.81. The predicted molar refractivity (Wildman–Crippen MR) is 66.6 cm³/mol. The molecule has 0 aliphatic heterocycles. The molecule has 1 N–H and O–H groups in total. The molecule has 1 aromatic carbocycles. The molecule has 0 bridgehead atoms. The topological polar surface area (TPSA) is 38.3 Å². The van der Waals surface area contributed by atoms with E-state index >= 15 is 0 Å². The molecule has 4 heteroatoms. The zero-order chi connectivity index (χ0) is 13.4. The standard InChI is InChI=1S/C12H17NO2.ClH/c1-13-9-5-8-12(14)15-10-11-6-3-2-4-7-11;/h2-4,6-7,13H,5,8-10H2,1H3;1H/i1D3;. The van der Waals surface area contributed by atoms with Crippen LogP contribution < -0.4 is 5.32 Å². The van der Waals surface area contributed by atoms with E-state index in [0.29, 0.717) is 6.42 Å². The number of benzene rings is 1. The van der Waals surface area contributed by atoms with Crippen molar-refractivity contribution >= 4 is 18.4 Å². The molecule has 0 saturated heterocycles. The van der Waals surface area contributed by atoms with Crippen LogP contribution in [0.2, 0.25) is 0 Å². The Morgan fingerprint density at radius 2 is 2.19 bits per heavy atom. The summed E-state index contributed by atoms with van der Waals surface area (Å²) in [6, 6.07) is 9.41. The molecule has 0 spiro atoms. The van der Waals surface area contributed by atoms with E-state index < -0.39 is 6.98 Å². The van der Waals surface area contributed by atoms with Crippen LogP contribution in [0.15, 0.2) is 30.3 Å². The highest BCUT2D eigenvalue weighted by Gasteiger charge is 2.01. The maximum Gasteiger partial charge on any atom is 0.306 e. The van der Waals surface area contributed by atoms with Crippen molar-refractivity contribution in [2.45, 2.75) is 19.4 Å². The molecule has 0 aliphatic rings. The van der Waals surface area contributed by atoms with Crippen molar-refractivity contribution in [3.63, 3.8) is 0 Å². The predicted octanol–water partition coefficient (Wildman–Crippen LogP) is 2.15. The van der Waals surface area contributed by atoms with Crippen LogP contribution in [0.25, 0.3) is 0 Å². The second-order valence-electron chi connectivity index (χ2n) is 3.18. The monoisotopic (exact) mass is 246 g/mol. The Bertz CT molecular complexity index is 371. The normalized spacial score (nSPS) is 12.9. The van der Waals surface area contributed by atoms with Crippen molar-refractivity contribution in [1.29, 1.82) is 0 Å². The van der Waals surface area contributed by atoms with E-state index in [1.54, 1.807) is 0 Å². The third-order valence-electron chi connectivity index (χ3n) is 1.93. The molecule has 0 saturated carbocycles. The van der Waals surface area contributed by atoms with Crippen LogP contribution in [0.5, 0.6) is 0 Å². The summed E-state index contributed by atoms with van der Waals surface area (Å²) in [5.74, 6) is -0.314. The van der Waals surface area contributed by atoms with E-state index in [4.69, 9.17) is 8.85 Å². The number of hydrogen-bond donors (Lipinski definition) is 1. The zero-order valence-corrected chi connectivity index (χ0v) is 9.76. The number of nitrogens with one attached hydrogen (secondary N) is 1. The second kappa shape index (κ2) is 9.19. The van der Waals surface area contributed by atoms with Crippen molar-refractivity contribution in [2.75, 3.05) is 13.5 Å². The maximum atomic E-state index is 11.4. The average Bonchev–Trinajstić information content (AvgIpc) is 2.32. The van der Waals surface area contributed by atoms with E-state index in [-0.39, 0.29) is 37.9 Å². The number of rotatable bonds is 6. The maximum absolute atomic E-state index is 11.4. The second-order valence-corrected chi connectivity index (χ2v) is 3.18. The summed E-state index contributed by atoms with van der Waals surface area (Å²) in [5, 5.41) is 2.34. The summed E-state index contributed by atoms with van der Waals surface area (Å²) in [6.45, 7) is -1.61. The fraction of sp³-hybridized carbons (Fsp3) is 0.417. The first-order valence-corrected chi connectivity index (χ1v) is 4.92. The fourth-order valence-corrected chi connectivity index (χ4v) is 1.13. The highest BCUT2D eigenvalue weighted by atomic mass is 35.5. The summed E-state index contributed by atoms with van der Waals surface area (Å²) < 4.78 is 25.8. The Labute approximate surface area is 107 Å². The fourth-order valence-electron chi connectivity index (χ4n) is 1.13. The molecular weight excluding hydrogens is 226 g/mol. The van der Waals surface area contributed by atoms with Crippen LogP contribution in [0, 0.1) is 0 Å². The van der Waals surface area contributed by atoms with Gasteiger partial charge in [-0.2, -0.15) is 0 Å². The minimum atomic E-state index is -2.14. The third-order valence-corrected chi connectivity index (χ3v) is 1.93. The zero-order valence-electron chi connectivity index (χ0n) is 11.9. The molecule has 0 heterocycles. The number of carbonyl (C=O) groups is 1. The van der Waals surface area contributed by atoms with Crippen LogP contribution in [0.4, 0.5) is 0 Å². The Morgan fingerprint density at radius 3 is 2.88 bits per heavy atom. The van der Waals surface area contributed by atoms with Crippen LogP contribution in [-0.4, -0.2) is 19.5 Å². The first kappa shape index (κ1) is 10.1. The van der Waals surface area contributed by atoms with Crippen molar-refractivity contribution in [2.24, 2.45) is 0 Å². The van der Waals surface area contributed by atoms with Gasteiger partial charge in [0.2, 0.25) is 0 Å². The molecule has 90 valence electrons. The molecule has 0 radical (unpaired) electrons. The van der Waals surface area contributed by atoms with Crippen LogP contribution in [-0.2, 0) is 16.1 Å². The van der Waals surface area contributed by atoms with Crippen molar-refractivity contribution in [1.82, 2.24) is 5.32 Å². The number of hydrogen-bond acceptors (Lipinski definition) is 3. The lowest BCUT2D eigenvalue weighted by Gasteiger charge is -2.04. The number of ether oxygens (including phenoxy) is 1. The molecule has 1 aromatic rings. The van der Waals surface area contributed by atoms with Crippen molar-refractivity contribution in [3.05, 3.63) is 35.9 Å². The molecule has 16 heavy (non-hydrogen) atoms.